The molecule has 0 spiro atoms. The van der Waals surface area contributed by atoms with Gasteiger partial charge in [-0.3, -0.25) is 0 Å². The standard InChI is InChI=1S/C12H23N3O/c1-3-5-12-14-7-10-15(12)9-4-6-13-8-11-16-2/h7,10,13H,3-6,8-9,11H2,1-2H3. The van der Waals surface area contributed by atoms with E-state index in [4.69, 9.17) is 4.74 Å². The van der Waals surface area contributed by atoms with Crippen LogP contribution in [0.2, 0.25) is 0 Å². The molecule has 0 aromatic carbocycles. The van der Waals surface area contributed by atoms with Crippen molar-refractivity contribution in [2.75, 3.05) is 26.8 Å². The van der Waals surface area contributed by atoms with Crippen LogP contribution < -0.4 is 5.32 Å². The van der Waals surface area contributed by atoms with E-state index in [2.05, 4.69) is 28.0 Å². The fraction of sp³-hybridized carbons (Fsp3) is 0.750. The predicted molar refractivity (Wildman–Crippen MR) is 65.6 cm³/mol. The number of aromatic nitrogens is 2. The Morgan fingerprint density at radius 3 is 3.06 bits per heavy atom. The molecule has 1 aromatic rings. The van der Waals surface area contributed by atoms with Gasteiger partial charge in [-0.15, -0.1) is 0 Å². The van der Waals surface area contributed by atoms with Crippen LogP contribution in [0, 0.1) is 0 Å². The minimum Gasteiger partial charge on any atom is -0.383 e. The lowest BCUT2D eigenvalue weighted by Gasteiger charge is -2.07. The third-order valence-corrected chi connectivity index (χ3v) is 2.51. The van der Waals surface area contributed by atoms with Crippen LogP contribution in [0.5, 0.6) is 0 Å². The number of rotatable bonds is 9. The largest absolute Gasteiger partial charge is 0.383 e. The average molecular weight is 225 g/mol. The smallest absolute Gasteiger partial charge is 0.108 e. The van der Waals surface area contributed by atoms with Gasteiger partial charge in [-0.05, 0) is 19.4 Å². The second-order valence-electron chi connectivity index (χ2n) is 3.88. The number of hydrogen-bond donors (Lipinski definition) is 1. The summed E-state index contributed by atoms with van der Waals surface area (Å²) in [5.74, 6) is 1.21. The number of imidazole rings is 1. The second kappa shape index (κ2) is 8.30. The van der Waals surface area contributed by atoms with Crippen LogP contribution >= 0.6 is 0 Å². The van der Waals surface area contributed by atoms with Crippen molar-refractivity contribution in [3.63, 3.8) is 0 Å². The van der Waals surface area contributed by atoms with E-state index in [0.29, 0.717) is 0 Å². The molecule has 0 aliphatic heterocycles. The first-order chi connectivity index (χ1) is 7.88. The van der Waals surface area contributed by atoms with Crippen LogP contribution in [0.25, 0.3) is 0 Å². The molecule has 1 heterocycles. The zero-order chi connectivity index (χ0) is 11.6. The van der Waals surface area contributed by atoms with Gasteiger partial charge in [0.05, 0.1) is 6.61 Å². The van der Waals surface area contributed by atoms with E-state index in [1.807, 2.05) is 6.20 Å². The van der Waals surface area contributed by atoms with Crippen LogP contribution in [0.3, 0.4) is 0 Å². The Balaban J connectivity index is 2.13. The van der Waals surface area contributed by atoms with Crippen molar-refractivity contribution in [1.29, 1.82) is 0 Å². The van der Waals surface area contributed by atoms with Crippen molar-refractivity contribution in [3.8, 4) is 0 Å². The first kappa shape index (κ1) is 13.2. The summed E-state index contributed by atoms with van der Waals surface area (Å²) < 4.78 is 7.22. The van der Waals surface area contributed by atoms with Gasteiger partial charge in [-0.1, -0.05) is 6.92 Å². The third kappa shape index (κ3) is 4.77. The highest BCUT2D eigenvalue weighted by atomic mass is 16.5. The first-order valence-corrected chi connectivity index (χ1v) is 6.08. The van der Waals surface area contributed by atoms with Gasteiger partial charge in [0.25, 0.3) is 0 Å². The zero-order valence-corrected chi connectivity index (χ0v) is 10.4. The molecular weight excluding hydrogens is 202 g/mol. The Kier molecular flexibility index (Phi) is 6.85. The van der Waals surface area contributed by atoms with Gasteiger partial charge in [-0.25, -0.2) is 4.98 Å². The van der Waals surface area contributed by atoms with Gasteiger partial charge in [0.15, 0.2) is 0 Å². The topological polar surface area (TPSA) is 39.1 Å². The maximum absolute atomic E-state index is 4.97. The molecule has 0 aliphatic rings. The van der Waals surface area contributed by atoms with Crippen molar-refractivity contribution < 1.29 is 4.74 Å². The maximum atomic E-state index is 4.97. The predicted octanol–water partition coefficient (Wildman–Crippen LogP) is 1.46. The van der Waals surface area contributed by atoms with E-state index >= 15 is 0 Å². The summed E-state index contributed by atoms with van der Waals surface area (Å²) in [5, 5.41) is 3.34. The number of methoxy groups -OCH3 is 1. The van der Waals surface area contributed by atoms with Crippen LogP contribution in [0.15, 0.2) is 12.4 Å². The number of aryl methyl sites for hydroxylation is 2. The van der Waals surface area contributed by atoms with E-state index in [1.165, 1.54) is 5.82 Å². The van der Waals surface area contributed by atoms with Gasteiger partial charge in [0.1, 0.15) is 5.82 Å². The summed E-state index contributed by atoms with van der Waals surface area (Å²) in [7, 11) is 1.73. The summed E-state index contributed by atoms with van der Waals surface area (Å²) in [6, 6.07) is 0. The molecule has 4 heteroatoms. The van der Waals surface area contributed by atoms with E-state index in [9.17, 15) is 0 Å². The van der Waals surface area contributed by atoms with Gasteiger partial charge < -0.3 is 14.6 Å². The number of nitrogens with one attached hydrogen (secondary N) is 1. The Labute approximate surface area is 98.0 Å². The summed E-state index contributed by atoms with van der Waals surface area (Å²) in [5.41, 5.74) is 0. The van der Waals surface area contributed by atoms with E-state index < -0.39 is 0 Å². The fourth-order valence-electron chi connectivity index (χ4n) is 1.67. The minimum atomic E-state index is 0.784. The van der Waals surface area contributed by atoms with Gasteiger partial charge >= 0.3 is 0 Å². The van der Waals surface area contributed by atoms with Crippen molar-refractivity contribution in [2.45, 2.75) is 32.7 Å². The lowest BCUT2D eigenvalue weighted by atomic mass is 10.3. The van der Waals surface area contributed by atoms with Gasteiger partial charge in [0.2, 0.25) is 0 Å². The summed E-state index contributed by atoms with van der Waals surface area (Å²) in [6.45, 7) is 5.99. The quantitative estimate of drug-likeness (QED) is 0.647. The highest BCUT2D eigenvalue weighted by Crippen LogP contribution is 2.02. The molecule has 0 bridgehead atoms. The van der Waals surface area contributed by atoms with E-state index in [1.54, 1.807) is 7.11 Å². The number of nitrogens with zero attached hydrogens (tertiary/aromatic N) is 2. The molecule has 16 heavy (non-hydrogen) atoms. The van der Waals surface area contributed by atoms with Gasteiger partial charge in [-0.2, -0.15) is 0 Å². The molecule has 0 saturated carbocycles. The molecule has 4 nitrogen and oxygen atoms in total. The molecule has 0 aliphatic carbocycles. The van der Waals surface area contributed by atoms with Crippen LogP contribution in [0.4, 0.5) is 0 Å². The molecule has 0 saturated heterocycles. The molecule has 0 radical (unpaired) electrons. The van der Waals surface area contributed by atoms with Crippen LogP contribution in [0.1, 0.15) is 25.6 Å². The normalized spacial score (nSPS) is 10.9. The summed E-state index contributed by atoms with van der Waals surface area (Å²) in [6.07, 6.45) is 7.33. The lowest BCUT2D eigenvalue weighted by Crippen LogP contribution is -2.21. The molecule has 1 N–H and O–H groups in total. The van der Waals surface area contributed by atoms with E-state index in [0.717, 1.165) is 45.5 Å². The molecule has 0 amide bonds. The molecular formula is C12H23N3O. The Morgan fingerprint density at radius 2 is 2.31 bits per heavy atom. The van der Waals surface area contributed by atoms with Crippen LogP contribution in [-0.4, -0.2) is 36.4 Å². The third-order valence-electron chi connectivity index (χ3n) is 2.51. The zero-order valence-electron chi connectivity index (χ0n) is 10.4. The monoisotopic (exact) mass is 225 g/mol. The molecule has 0 unspecified atom stereocenters. The second-order valence-corrected chi connectivity index (χ2v) is 3.88. The highest BCUT2D eigenvalue weighted by Gasteiger charge is 2.00. The fourth-order valence-corrected chi connectivity index (χ4v) is 1.67. The van der Waals surface area contributed by atoms with Crippen molar-refractivity contribution in [1.82, 2.24) is 14.9 Å². The Hall–Kier alpha value is -0.870. The SMILES string of the molecule is CCCc1nccn1CCCNCCOC. The molecule has 0 fully saturated rings. The van der Waals surface area contributed by atoms with Gasteiger partial charge in [0, 0.05) is 39.0 Å². The molecule has 1 rings (SSSR count). The van der Waals surface area contributed by atoms with E-state index in [-0.39, 0.29) is 0 Å². The van der Waals surface area contributed by atoms with Crippen molar-refractivity contribution >= 4 is 0 Å². The summed E-state index contributed by atoms with van der Waals surface area (Å²) >= 11 is 0. The minimum absolute atomic E-state index is 0.784. The maximum Gasteiger partial charge on any atom is 0.108 e. The summed E-state index contributed by atoms with van der Waals surface area (Å²) in [4.78, 5) is 4.36. The Morgan fingerprint density at radius 1 is 1.44 bits per heavy atom. The number of ether oxygens (including phenoxy) is 1. The molecule has 0 atom stereocenters. The number of hydrogen-bond acceptors (Lipinski definition) is 3. The molecule has 1 aromatic heterocycles. The highest BCUT2D eigenvalue weighted by molar-refractivity contribution is 4.92. The lowest BCUT2D eigenvalue weighted by molar-refractivity contribution is 0.199. The van der Waals surface area contributed by atoms with Crippen molar-refractivity contribution in [3.05, 3.63) is 18.2 Å². The Bertz CT molecular complexity index is 273. The average Bonchev–Trinajstić information content (AvgIpc) is 2.72. The first-order valence-electron chi connectivity index (χ1n) is 6.08. The van der Waals surface area contributed by atoms with Crippen molar-refractivity contribution in [2.24, 2.45) is 0 Å². The van der Waals surface area contributed by atoms with Crippen LogP contribution in [-0.2, 0) is 17.7 Å². The molecule has 92 valence electrons.